The molecule has 0 unspecified atom stereocenters. The summed E-state index contributed by atoms with van der Waals surface area (Å²) < 4.78 is 28.2. The van der Waals surface area contributed by atoms with E-state index in [4.69, 9.17) is 9.47 Å². The molecule has 0 saturated carbocycles. The Kier molecular flexibility index (Phi) is 8.00. The van der Waals surface area contributed by atoms with Gasteiger partial charge in [-0.2, -0.15) is 4.68 Å². The van der Waals surface area contributed by atoms with Crippen LogP contribution in [-0.2, 0) is 20.9 Å². The molecule has 43 heavy (non-hydrogen) atoms. The van der Waals surface area contributed by atoms with Crippen LogP contribution in [0.5, 0.6) is 5.75 Å². The maximum Gasteiger partial charge on any atom is 0.249 e. The lowest BCUT2D eigenvalue weighted by atomic mass is 10.0. The van der Waals surface area contributed by atoms with Crippen molar-refractivity contribution in [2.45, 2.75) is 31.5 Å². The van der Waals surface area contributed by atoms with Gasteiger partial charge >= 0.3 is 0 Å². The smallest absolute Gasteiger partial charge is 0.249 e. The summed E-state index contributed by atoms with van der Waals surface area (Å²) in [5.41, 5.74) is 2.56. The topological polar surface area (TPSA) is 142 Å². The third-order valence-corrected chi connectivity index (χ3v) is 7.23. The zero-order valence-corrected chi connectivity index (χ0v) is 23.2. The van der Waals surface area contributed by atoms with Gasteiger partial charge in [0.25, 0.3) is 0 Å². The molecule has 1 saturated heterocycles. The summed E-state index contributed by atoms with van der Waals surface area (Å²) in [6.45, 7) is 0.675. The number of carbonyl (C=O) groups excluding carboxylic acids is 2. The molecule has 1 fully saturated rings. The number of anilines is 1. The zero-order valence-electron chi connectivity index (χ0n) is 23.2. The van der Waals surface area contributed by atoms with E-state index in [0.29, 0.717) is 40.3 Å². The number of rotatable bonds is 10. The number of nitrogens with one attached hydrogen (secondary N) is 1. The van der Waals surface area contributed by atoms with Gasteiger partial charge in [-0.3, -0.25) is 14.5 Å². The molecular formula is C29H28FN9O4. The van der Waals surface area contributed by atoms with Crippen LogP contribution >= 0.6 is 0 Å². The van der Waals surface area contributed by atoms with E-state index in [1.807, 2.05) is 18.2 Å². The van der Waals surface area contributed by atoms with Crippen LogP contribution in [0.4, 0.5) is 10.1 Å². The molecule has 0 bridgehead atoms. The van der Waals surface area contributed by atoms with Crippen molar-refractivity contribution in [3.05, 3.63) is 84.4 Å². The summed E-state index contributed by atoms with van der Waals surface area (Å²) in [5, 5.41) is 22.6. The number of hydrogen-bond acceptors (Lipinski definition) is 9. The van der Waals surface area contributed by atoms with Gasteiger partial charge in [0, 0.05) is 24.9 Å². The van der Waals surface area contributed by atoms with Crippen LogP contribution in [0.3, 0.4) is 0 Å². The number of aromatic nitrogens is 7. The van der Waals surface area contributed by atoms with E-state index in [0.717, 1.165) is 12.8 Å². The second kappa shape index (κ2) is 12.3. The number of halogens is 1. The minimum Gasteiger partial charge on any atom is -0.494 e. The molecule has 2 aromatic heterocycles. The van der Waals surface area contributed by atoms with Gasteiger partial charge in [-0.05, 0) is 65.2 Å². The minimum absolute atomic E-state index is 0.126. The van der Waals surface area contributed by atoms with Gasteiger partial charge in [0.2, 0.25) is 11.8 Å². The number of tetrazole rings is 1. The fourth-order valence-corrected chi connectivity index (χ4v) is 5.13. The van der Waals surface area contributed by atoms with Crippen molar-refractivity contribution in [2.75, 3.05) is 25.2 Å². The lowest BCUT2D eigenvalue weighted by Crippen LogP contribution is -2.46. The molecule has 1 N–H and O–H groups in total. The first-order valence-corrected chi connectivity index (χ1v) is 13.7. The van der Waals surface area contributed by atoms with Crippen LogP contribution in [-0.4, -0.2) is 73.4 Å². The van der Waals surface area contributed by atoms with Gasteiger partial charge < -0.3 is 14.8 Å². The van der Waals surface area contributed by atoms with Crippen LogP contribution in [0, 0.1) is 5.82 Å². The highest BCUT2D eigenvalue weighted by Gasteiger charge is 2.34. The molecule has 5 aromatic rings. The highest BCUT2D eigenvalue weighted by atomic mass is 19.1. The Hall–Kier alpha value is -5.24. The van der Waals surface area contributed by atoms with Crippen molar-refractivity contribution in [1.29, 1.82) is 0 Å². The van der Waals surface area contributed by atoms with Crippen LogP contribution in [0.2, 0.25) is 0 Å². The number of carbonyl (C=O) groups is 2. The number of amides is 2. The van der Waals surface area contributed by atoms with E-state index < -0.39 is 23.7 Å². The number of para-hydroxylation sites is 1. The van der Waals surface area contributed by atoms with Gasteiger partial charge in [0.05, 0.1) is 18.7 Å². The molecule has 220 valence electrons. The first kappa shape index (κ1) is 27.9. The summed E-state index contributed by atoms with van der Waals surface area (Å²) in [7, 11) is 1.48. The zero-order chi connectivity index (χ0) is 29.8. The molecule has 0 spiro atoms. The van der Waals surface area contributed by atoms with E-state index in [1.54, 1.807) is 24.3 Å². The van der Waals surface area contributed by atoms with Crippen molar-refractivity contribution in [2.24, 2.45) is 0 Å². The number of ether oxygens (including phenoxy) is 2. The number of methoxy groups -OCH3 is 1. The number of nitrogens with zero attached hydrogens (tertiary/aromatic N) is 8. The second-order valence-corrected chi connectivity index (χ2v) is 9.94. The van der Waals surface area contributed by atoms with Crippen molar-refractivity contribution in [3.8, 4) is 11.4 Å². The normalized spacial score (nSPS) is 15.3. The Bertz CT molecular complexity index is 1720. The average molecular weight is 586 g/mol. The number of hydrogen-bond donors (Lipinski definition) is 1. The van der Waals surface area contributed by atoms with Crippen molar-refractivity contribution >= 4 is 28.5 Å². The molecular weight excluding hydrogens is 557 g/mol. The first-order valence-electron chi connectivity index (χ1n) is 13.7. The highest BCUT2D eigenvalue weighted by Crippen LogP contribution is 2.34. The summed E-state index contributed by atoms with van der Waals surface area (Å²) >= 11 is 0. The Morgan fingerprint density at radius 2 is 1.98 bits per heavy atom. The molecule has 6 rings (SSSR count). The van der Waals surface area contributed by atoms with E-state index in [9.17, 15) is 14.0 Å². The fourth-order valence-electron chi connectivity index (χ4n) is 5.13. The first-order chi connectivity index (χ1) is 21.0. The molecule has 3 heterocycles. The molecule has 13 nitrogen and oxygen atoms in total. The Balaban J connectivity index is 1.43. The van der Waals surface area contributed by atoms with Crippen LogP contribution in [0.15, 0.2) is 73.1 Å². The van der Waals surface area contributed by atoms with Crippen LogP contribution in [0.25, 0.3) is 16.7 Å². The van der Waals surface area contributed by atoms with E-state index >= 15 is 0 Å². The summed E-state index contributed by atoms with van der Waals surface area (Å²) in [6, 6.07) is 16.5. The van der Waals surface area contributed by atoms with Crippen molar-refractivity contribution in [3.63, 3.8) is 0 Å². The summed E-state index contributed by atoms with van der Waals surface area (Å²) in [4.78, 5) is 29.6. The van der Waals surface area contributed by atoms with Gasteiger partial charge in [0.15, 0.2) is 0 Å². The molecule has 0 aliphatic carbocycles. The second-order valence-electron chi connectivity index (χ2n) is 9.94. The lowest BCUT2D eigenvalue weighted by molar-refractivity contribution is -0.127. The Morgan fingerprint density at radius 3 is 2.72 bits per heavy atom. The van der Waals surface area contributed by atoms with Crippen molar-refractivity contribution in [1.82, 2.24) is 40.5 Å². The fraction of sp³-hybridized carbons (Fsp3) is 0.276. The third-order valence-electron chi connectivity index (χ3n) is 7.23. The molecule has 1 aliphatic heterocycles. The van der Waals surface area contributed by atoms with Gasteiger partial charge in [-0.25, -0.2) is 9.07 Å². The Morgan fingerprint density at radius 1 is 1.14 bits per heavy atom. The highest BCUT2D eigenvalue weighted by molar-refractivity contribution is 6.01. The third kappa shape index (κ3) is 5.90. The van der Waals surface area contributed by atoms with Crippen LogP contribution < -0.4 is 15.0 Å². The largest absolute Gasteiger partial charge is 0.494 e. The SMILES string of the molecule is COc1cc(N(C(=O)Cn2nnc3ccccc32)[C@@H](C(=O)NC[C@@H]2CCCO2)c2ccc(F)cc2)ccc1-n1cnnn1. The number of fused-ring (bicyclic) bond motifs is 1. The Labute approximate surface area is 245 Å². The average Bonchev–Trinajstić information content (AvgIpc) is 3.82. The molecule has 2 amide bonds. The summed E-state index contributed by atoms with van der Waals surface area (Å²) in [5.74, 6) is -1.04. The lowest BCUT2D eigenvalue weighted by Gasteiger charge is -2.32. The predicted octanol–water partition coefficient (Wildman–Crippen LogP) is 2.62. The number of benzene rings is 3. The van der Waals surface area contributed by atoms with Crippen LogP contribution in [0.1, 0.15) is 24.4 Å². The van der Waals surface area contributed by atoms with E-state index in [-0.39, 0.29) is 19.2 Å². The monoisotopic (exact) mass is 585 g/mol. The predicted molar refractivity (Wildman–Crippen MR) is 152 cm³/mol. The van der Waals surface area contributed by atoms with Gasteiger partial charge in [-0.1, -0.05) is 29.5 Å². The minimum atomic E-state index is -1.17. The quantitative estimate of drug-likeness (QED) is 0.262. The van der Waals surface area contributed by atoms with Crippen molar-refractivity contribution < 1.29 is 23.5 Å². The molecule has 14 heteroatoms. The van der Waals surface area contributed by atoms with E-state index in [2.05, 4.69) is 31.2 Å². The molecule has 2 atom stereocenters. The summed E-state index contributed by atoms with van der Waals surface area (Å²) in [6.07, 6.45) is 3.01. The maximum atomic E-state index is 14.3. The standard InChI is InChI=1S/C29H28FN9O4/c1-42-26-15-21(12-13-25(26)38-18-32-34-36-38)39(27(40)17-37-24-7-3-2-6-23(24)33-35-37)28(19-8-10-20(30)11-9-19)29(41)31-16-22-5-4-14-43-22/h2-3,6-13,15,18,22,28H,4-5,14,16-17H2,1H3,(H,31,41)/t22-,28+/m0/s1. The molecule has 3 aromatic carbocycles. The van der Waals surface area contributed by atoms with E-state index in [1.165, 1.54) is 52.0 Å². The van der Waals surface area contributed by atoms with Gasteiger partial charge in [-0.15, -0.1) is 10.2 Å². The molecule has 0 radical (unpaired) electrons. The van der Waals surface area contributed by atoms with Gasteiger partial charge in [0.1, 0.15) is 41.7 Å². The maximum absolute atomic E-state index is 14.3. The molecule has 1 aliphatic rings.